The predicted molar refractivity (Wildman–Crippen MR) is 105 cm³/mol. The van der Waals surface area contributed by atoms with Crippen molar-refractivity contribution in [3.05, 3.63) is 38.4 Å². The molecule has 2 aromatic rings. The second-order valence-electron chi connectivity index (χ2n) is 7.67. The smallest absolute Gasteiger partial charge is 0.418 e. The van der Waals surface area contributed by atoms with E-state index in [2.05, 4.69) is 59.7 Å². The van der Waals surface area contributed by atoms with Crippen molar-refractivity contribution in [3.63, 3.8) is 0 Å². The summed E-state index contributed by atoms with van der Waals surface area (Å²) in [5.74, 6) is 0. The molecule has 0 fully saturated rings. The van der Waals surface area contributed by atoms with Gasteiger partial charge in [0.25, 0.3) is 0 Å². The molecule has 0 amide bonds. The van der Waals surface area contributed by atoms with E-state index in [4.69, 9.17) is 11.6 Å². The van der Waals surface area contributed by atoms with Crippen LogP contribution in [0.5, 0.6) is 0 Å². The molecule has 2 rings (SSSR count). The normalized spacial score (nSPS) is 12.6. The Balaban J connectivity index is 0.000000550. The van der Waals surface area contributed by atoms with E-state index in [1.807, 2.05) is 17.4 Å². The zero-order valence-electron chi connectivity index (χ0n) is 15.1. The zero-order chi connectivity index (χ0) is 19.6. The van der Waals surface area contributed by atoms with Crippen LogP contribution in [0.2, 0.25) is 4.34 Å². The standard InChI is InChI=1S/C17H22ClS2.BF4/c1-16(2,3)13-9-11(12-7-8-15(18)19-12)10-14(20-13)17(4,5)6;2-1(3,4)5/h7-10H,1-6H3;/q+1;-1. The van der Waals surface area contributed by atoms with Gasteiger partial charge in [0.15, 0.2) is 0 Å². The Morgan fingerprint density at radius 3 is 1.56 bits per heavy atom. The molecular weight excluding hydrogens is 391 g/mol. The SMILES string of the molecule is CC(C)(C)c1cc(-c2ccc(Cl)s2)cc(C(C)(C)C)[s+]1.F[B-](F)(F)F. The lowest BCUT2D eigenvalue weighted by Crippen LogP contribution is -2.14. The number of thiophene rings is 1. The third-order valence-electron chi connectivity index (χ3n) is 3.13. The molecule has 140 valence electrons. The number of hydrogen-bond acceptors (Lipinski definition) is 1. The first-order valence-corrected chi connectivity index (χ1v) is 9.70. The average Bonchev–Trinajstić information content (AvgIpc) is 2.81. The molecule has 0 aromatic carbocycles. The fourth-order valence-corrected chi connectivity index (χ4v) is 4.10. The van der Waals surface area contributed by atoms with Crippen molar-refractivity contribution in [1.29, 1.82) is 0 Å². The van der Waals surface area contributed by atoms with Gasteiger partial charge in [-0.05, 0) is 12.1 Å². The lowest BCUT2D eigenvalue weighted by Gasteiger charge is -2.16. The zero-order valence-corrected chi connectivity index (χ0v) is 17.5. The van der Waals surface area contributed by atoms with E-state index in [1.165, 1.54) is 20.2 Å². The first kappa shape index (κ1) is 22.4. The van der Waals surface area contributed by atoms with E-state index < -0.39 is 7.25 Å². The quantitative estimate of drug-likeness (QED) is 0.251. The van der Waals surface area contributed by atoms with Crippen molar-refractivity contribution in [1.82, 2.24) is 0 Å². The molecule has 2 aromatic heterocycles. The Labute approximate surface area is 160 Å². The number of hydrogen-bond donors (Lipinski definition) is 0. The van der Waals surface area contributed by atoms with Gasteiger partial charge in [-0.1, -0.05) is 53.1 Å². The highest BCUT2D eigenvalue weighted by atomic mass is 35.5. The van der Waals surface area contributed by atoms with E-state index in [1.54, 1.807) is 11.3 Å². The molecule has 0 aliphatic rings. The van der Waals surface area contributed by atoms with E-state index in [9.17, 15) is 17.3 Å². The third kappa shape index (κ3) is 8.05. The maximum atomic E-state index is 9.75. The first-order valence-electron chi connectivity index (χ1n) is 7.69. The summed E-state index contributed by atoms with van der Waals surface area (Å²) in [6.45, 7) is 13.6. The summed E-state index contributed by atoms with van der Waals surface area (Å²) in [5, 5.41) is 0. The lowest BCUT2D eigenvalue weighted by atomic mass is 9.91. The molecule has 0 aliphatic heterocycles. The molecule has 0 unspecified atom stereocenters. The molecule has 0 nitrogen and oxygen atoms in total. The van der Waals surface area contributed by atoms with Gasteiger partial charge in [-0.3, -0.25) is 0 Å². The largest absolute Gasteiger partial charge is 0.673 e. The minimum atomic E-state index is -6.00. The van der Waals surface area contributed by atoms with Gasteiger partial charge in [-0.2, -0.15) is 0 Å². The summed E-state index contributed by atoms with van der Waals surface area (Å²) in [6, 6.07) is 8.74. The van der Waals surface area contributed by atoms with Crippen LogP contribution in [-0.4, -0.2) is 7.25 Å². The second-order valence-corrected chi connectivity index (χ2v) is 10.5. The van der Waals surface area contributed by atoms with Crippen LogP contribution in [0.3, 0.4) is 0 Å². The molecule has 0 aliphatic carbocycles. The van der Waals surface area contributed by atoms with Crippen molar-refractivity contribution in [2.45, 2.75) is 52.4 Å². The minimum Gasteiger partial charge on any atom is -0.418 e. The van der Waals surface area contributed by atoms with Crippen LogP contribution in [0.4, 0.5) is 17.3 Å². The highest BCUT2D eigenvalue weighted by Gasteiger charge is 2.32. The van der Waals surface area contributed by atoms with E-state index in [-0.39, 0.29) is 10.8 Å². The van der Waals surface area contributed by atoms with Gasteiger partial charge in [-0.15, -0.1) is 11.3 Å². The Kier molecular flexibility index (Phi) is 7.10. The molecule has 0 bridgehead atoms. The summed E-state index contributed by atoms with van der Waals surface area (Å²) >= 11 is 9.66. The van der Waals surface area contributed by atoms with E-state index >= 15 is 0 Å². The molecule has 8 heteroatoms. The molecular formula is C17H22BClF4S2. The maximum absolute atomic E-state index is 9.75. The van der Waals surface area contributed by atoms with Gasteiger partial charge in [-0.25, -0.2) is 0 Å². The van der Waals surface area contributed by atoms with Gasteiger partial charge in [0.1, 0.15) is 0 Å². The van der Waals surface area contributed by atoms with Crippen LogP contribution in [0.1, 0.15) is 51.3 Å². The molecule has 0 N–H and O–H groups in total. The number of halogens is 5. The number of rotatable bonds is 1. The summed E-state index contributed by atoms with van der Waals surface area (Å²) in [7, 11) is -6.00. The fraction of sp³-hybridized carbons (Fsp3) is 0.471. The highest BCUT2D eigenvalue weighted by molar-refractivity contribution is 7.19. The van der Waals surface area contributed by atoms with Crippen LogP contribution < -0.4 is 0 Å². The monoisotopic (exact) mass is 412 g/mol. The van der Waals surface area contributed by atoms with E-state index in [0.29, 0.717) is 0 Å². The summed E-state index contributed by atoms with van der Waals surface area (Å²) < 4.78 is 39.8. The van der Waals surface area contributed by atoms with Gasteiger partial charge in [0.05, 0.1) is 4.34 Å². The molecule has 0 atom stereocenters. The molecule has 0 radical (unpaired) electrons. The van der Waals surface area contributed by atoms with Gasteiger partial charge in [0, 0.05) is 33.4 Å². The van der Waals surface area contributed by atoms with Crippen molar-refractivity contribution in [3.8, 4) is 10.4 Å². The Hall–Kier alpha value is -0.655. The van der Waals surface area contributed by atoms with Crippen molar-refractivity contribution in [2.24, 2.45) is 0 Å². The highest BCUT2D eigenvalue weighted by Crippen LogP contribution is 2.40. The van der Waals surface area contributed by atoms with Crippen molar-refractivity contribution < 1.29 is 17.3 Å². The van der Waals surface area contributed by atoms with Crippen LogP contribution >= 0.6 is 34.3 Å². The van der Waals surface area contributed by atoms with Gasteiger partial charge >= 0.3 is 7.25 Å². The summed E-state index contributed by atoms with van der Waals surface area (Å²) in [5.41, 5.74) is 1.62. The van der Waals surface area contributed by atoms with Crippen LogP contribution in [0.25, 0.3) is 10.4 Å². The topological polar surface area (TPSA) is 0 Å². The molecule has 25 heavy (non-hydrogen) atoms. The lowest BCUT2D eigenvalue weighted by molar-refractivity contribution is 0.368. The van der Waals surface area contributed by atoms with E-state index in [0.717, 1.165) is 4.34 Å². The Morgan fingerprint density at radius 2 is 1.28 bits per heavy atom. The molecule has 0 spiro atoms. The fourth-order valence-electron chi connectivity index (χ4n) is 1.85. The minimum absolute atomic E-state index is 0.168. The molecule has 0 saturated heterocycles. The van der Waals surface area contributed by atoms with Crippen LogP contribution in [0, 0.1) is 0 Å². The third-order valence-corrected chi connectivity index (χ3v) is 6.31. The van der Waals surface area contributed by atoms with Crippen molar-refractivity contribution in [2.75, 3.05) is 0 Å². The maximum Gasteiger partial charge on any atom is 0.673 e. The van der Waals surface area contributed by atoms with Gasteiger partial charge < -0.3 is 17.3 Å². The average molecular weight is 413 g/mol. The first-order chi connectivity index (χ1) is 11.1. The predicted octanol–water partition coefficient (Wildman–Crippen LogP) is 8.31. The van der Waals surface area contributed by atoms with Gasteiger partial charge in [0.2, 0.25) is 21.1 Å². The molecule has 2 heterocycles. The van der Waals surface area contributed by atoms with Crippen LogP contribution in [0.15, 0.2) is 24.3 Å². The Morgan fingerprint density at radius 1 is 0.880 bits per heavy atom. The van der Waals surface area contributed by atoms with Crippen LogP contribution in [-0.2, 0) is 10.8 Å². The summed E-state index contributed by atoms with van der Waals surface area (Å²) in [4.78, 5) is 4.09. The summed E-state index contributed by atoms with van der Waals surface area (Å²) in [6.07, 6.45) is 0. The second kappa shape index (κ2) is 7.93. The Bertz CT molecular complexity index is 674. The molecule has 0 saturated carbocycles. The van der Waals surface area contributed by atoms with Crippen molar-refractivity contribution >= 4 is 41.5 Å².